The van der Waals surface area contributed by atoms with Crippen LogP contribution < -0.4 is 5.32 Å². The second-order valence-corrected chi connectivity index (χ2v) is 6.53. The molecular weight excluding hydrogens is 318 g/mol. The van der Waals surface area contributed by atoms with Crippen molar-refractivity contribution in [3.05, 3.63) is 48.7 Å². The summed E-state index contributed by atoms with van der Waals surface area (Å²) >= 11 is 0. The number of aromatic nitrogens is 3. The number of nitrogens with zero attached hydrogens (tertiary/aromatic N) is 4. The van der Waals surface area contributed by atoms with Gasteiger partial charge in [0.15, 0.2) is 5.82 Å². The topological polar surface area (TPSA) is 80.2 Å². The van der Waals surface area contributed by atoms with E-state index in [1.807, 2.05) is 18.2 Å². The summed E-state index contributed by atoms with van der Waals surface area (Å²) in [6.45, 7) is 2.19. The van der Waals surface area contributed by atoms with E-state index in [-0.39, 0.29) is 17.9 Å². The van der Waals surface area contributed by atoms with Gasteiger partial charge in [0.05, 0.1) is 23.9 Å². The highest BCUT2D eigenvalue weighted by Gasteiger charge is 2.42. The van der Waals surface area contributed by atoms with E-state index in [1.54, 1.807) is 24.8 Å². The molecule has 4 heterocycles. The van der Waals surface area contributed by atoms with Crippen LogP contribution in [0.25, 0.3) is 0 Å². The van der Waals surface area contributed by atoms with Gasteiger partial charge < -0.3 is 10.1 Å². The van der Waals surface area contributed by atoms with E-state index in [9.17, 15) is 4.79 Å². The zero-order valence-electron chi connectivity index (χ0n) is 13.9. The van der Waals surface area contributed by atoms with E-state index >= 15 is 0 Å². The zero-order chi connectivity index (χ0) is 17.1. The minimum atomic E-state index is -0.134. The first-order valence-electron chi connectivity index (χ1n) is 8.62. The molecule has 0 radical (unpaired) electrons. The Bertz CT molecular complexity index is 712. The molecule has 2 aliphatic heterocycles. The SMILES string of the molecule is O=C(Nc1cnccn1)[C@@H]1C[C@@H]2OCC[C@@H]2N(Cc2ccccn2)C1. The van der Waals surface area contributed by atoms with Gasteiger partial charge in [-0.1, -0.05) is 6.07 Å². The summed E-state index contributed by atoms with van der Waals surface area (Å²) < 4.78 is 5.89. The smallest absolute Gasteiger partial charge is 0.230 e. The summed E-state index contributed by atoms with van der Waals surface area (Å²) in [5.41, 5.74) is 1.02. The van der Waals surface area contributed by atoms with Crippen LogP contribution in [0.3, 0.4) is 0 Å². The third kappa shape index (κ3) is 3.67. The Labute approximate surface area is 146 Å². The van der Waals surface area contributed by atoms with Crippen LogP contribution in [0.1, 0.15) is 18.5 Å². The molecule has 2 aliphatic rings. The van der Waals surface area contributed by atoms with Crippen molar-refractivity contribution in [2.75, 3.05) is 18.5 Å². The lowest BCUT2D eigenvalue weighted by Crippen LogP contribution is -2.51. The van der Waals surface area contributed by atoms with Gasteiger partial charge in [0, 0.05) is 44.3 Å². The van der Waals surface area contributed by atoms with E-state index < -0.39 is 0 Å². The van der Waals surface area contributed by atoms with E-state index in [2.05, 4.69) is 25.2 Å². The number of hydrogen-bond acceptors (Lipinski definition) is 6. The molecule has 2 aromatic rings. The molecule has 0 bridgehead atoms. The van der Waals surface area contributed by atoms with E-state index in [0.717, 1.165) is 31.7 Å². The summed E-state index contributed by atoms with van der Waals surface area (Å²) in [4.78, 5) is 27.5. The maximum Gasteiger partial charge on any atom is 0.230 e. The number of hydrogen-bond donors (Lipinski definition) is 1. The van der Waals surface area contributed by atoms with E-state index in [0.29, 0.717) is 18.4 Å². The fraction of sp³-hybridized carbons (Fsp3) is 0.444. The standard InChI is InChI=1S/C18H21N5O2/c24-18(22-17-10-19-6-7-21-17)13-9-16-15(4-8-25-16)23(11-13)12-14-3-1-2-5-20-14/h1-3,5-7,10,13,15-16H,4,8-9,11-12H2,(H,21,22,24)/t13-,15+,16+/m1/s1. The Hall–Kier alpha value is -2.38. The Morgan fingerprint density at radius 3 is 3.04 bits per heavy atom. The normalized spacial score (nSPS) is 26.2. The highest BCUT2D eigenvalue weighted by molar-refractivity contribution is 5.91. The predicted molar refractivity (Wildman–Crippen MR) is 91.6 cm³/mol. The fourth-order valence-corrected chi connectivity index (χ4v) is 3.72. The summed E-state index contributed by atoms with van der Waals surface area (Å²) in [6.07, 6.45) is 8.38. The maximum absolute atomic E-state index is 12.7. The molecule has 2 aromatic heterocycles. The molecule has 25 heavy (non-hydrogen) atoms. The summed E-state index contributed by atoms with van der Waals surface area (Å²) in [7, 11) is 0. The third-order valence-corrected chi connectivity index (χ3v) is 4.89. The number of ether oxygens (including phenoxy) is 1. The van der Waals surface area contributed by atoms with Crippen molar-refractivity contribution < 1.29 is 9.53 Å². The molecule has 7 nitrogen and oxygen atoms in total. The fourth-order valence-electron chi connectivity index (χ4n) is 3.72. The highest BCUT2D eigenvalue weighted by Crippen LogP contribution is 2.32. The van der Waals surface area contributed by atoms with Gasteiger partial charge in [-0.2, -0.15) is 0 Å². The predicted octanol–water partition coefficient (Wildman–Crippen LogP) is 1.49. The molecule has 0 saturated carbocycles. The van der Waals surface area contributed by atoms with Gasteiger partial charge in [-0.3, -0.25) is 19.7 Å². The Morgan fingerprint density at radius 1 is 1.28 bits per heavy atom. The quantitative estimate of drug-likeness (QED) is 0.909. The molecule has 0 aliphatic carbocycles. The van der Waals surface area contributed by atoms with Crippen molar-refractivity contribution in [3.8, 4) is 0 Å². The molecule has 3 atom stereocenters. The zero-order valence-corrected chi connectivity index (χ0v) is 13.9. The highest BCUT2D eigenvalue weighted by atomic mass is 16.5. The van der Waals surface area contributed by atoms with Crippen molar-refractivity contribution in [1.82, 2.24) is 19.9 Å². The van der Waals surface area contributed by atoms with Crippen LogP contribution >= 0.6 is 0 Å². The molecule has 1 N–H and O–H groups in total. The number of piperidine rings is 1. The summed E-state index contributed by atoms with van der Waals surface area (Å²) in [6, 6.07) is 6.29. The average molecular weight is 339 g/mol. The van der Waals surface area contributed by atoms with Crippen molar-refractivity contribution >= 4 is 11.7 Å². The number of carbonyl (C=O) groups excluding carboxylic acids is 1. The molecular formula is C18H21N5O2. The monoisotopic (exact) mass is 339 g/mol. The number of rotatable bonds is 4. The van der Waals surface area contributed by atoms with Gasteiger partial charge in [0.2, 0.25) is 5.91 Å². The van der Waals surface area contributed by atoms with Crippen LogP contribution in [0.15, 0.2) is 43.0 Å². The van der Waals surface area contributed by atoms with E-state index in [1.165, 1.54) is 0 Å². The lowest BCUT2D eigenvalue weighted by atomic mass is 9.89. The molecule has 2 saturated heterocycles. The molecule has 0 spiro atoms. The van der Waals surface area contributed by atoms with Crippen LogP contribution in [-0.2, 0) is 16.1 Å². The van der Waals surface area contributed by atoms with Crippen molar-refractivity contribution in [1.29, 1.82) is 0 Å². The Kier molecular flexibility index (Phi) is 4.67. The molecule has 4 rings (SSSR count). The molecule has 2 fully saturated rings. The van der Waals surface area contributed by atoms with Gasteiger partial charge in [0.25, 0.3) is 0 Å². The summed E-state index contributed by atoms with van der Waals surface area (Å²) in [5.74, 6) is 0.323. The van der Waals surface area contributed by atoms with Crippen molar-refractivity contribution in [2.24, 2.45) is 5.92 Å². The van der Waals surface area contributed by atoms with Crippen LogP contribution in [0.4, 0.5) is 5.82 Å². The molecule has 130 valence electrons. The second-order valence-electron chi connectivity index (χ2n) is 6.53. The van der Waals surface area contributed by atoms with Gasteiger partial charge >= 0.3 is 0 Å². The first-order valence-corrected chi connectivity index (χ1v) is 8.62. The maximum atomic E-state index is 12.7. The van der Waals surface area contributed by atoms with Gasteiger partial charge in [0.1, 0.15) is 0 Å². The van der Waals surface area contributed by atoms with E-state index in [4.69, 9.17) is 4.74 Å². The number of likely N-dealkylation sites (tertiary alicyclic amines) is 1. The lowest BCUT2D eigenvalue weighted by Gasteiger charge is -2.40. The number of fused-ring (bicyclic) bond motifs is 1. The first-order chi connectivity index (χ1) is 12.3. The van der Waals surface area contributed by atoms with Crippen LogP contribution in [0, 0.1) is 5.92 Å². The minimum absolute atomic E-state index is 0.0273. The number of nitrogens with one attached hydrogen (secondary N) is 1. The average Bonchev–Trinajstić information content (AvgIpc) is 3.12. The number of anilines is 1. The van der Waals surface area contributed by atoms with Gasteiger partial charge in [-0.25, -0.2) is 4.98 Å². The number of amides is 1. The molecule has 0 aromatic carbocycles. The molecule has 1 amide bonds. The Balaban J connectivity index is 1.47. The third-order valence-electron chi connectivity index (χ3n) is 4.89. The van der Waals surface area contributed by atoms with Gasteiger partial charge in [-0.15, -0.1) is 0 Å². The molecule has 7 heteroatoms. The van der Waals surface area contributed by atoms with Crippen molar-refractivity contribution in [3.63, 3.8) is 0 Å². The largest absolute Gasteiger partial charge is 0.377 e. The number of pyridine rings is 1. The van der Waals surface area contributed by atoms with Crippen LogP contribution in [0.2, 0.25) is 0 Å². The minimum Gasteiger partial charge on any atom is -0.377 e. The second kappa shape index (κ2) is 7.25. The van der Waals surface area contributed by atoms with Crippen LogP contribution in [0.5, 0.6) is 0 Å². The molecule has 0 unspecified atom stereocenters. The van der Waals surface area contributed by atoms with Crippen LogP contribution in [-0.4, -0.2) is 51.1 Å². The lowest BCUT2D eigenvalue weighted by molar-refractivity contribution is -0.124. The summed E-state index contributed by atoms with van der Waals surface area (Å²) in [5, 5.41) is 2.87. The first kappa shape index (κ1) is 16.1. The van der Waals surface area contributed by atoms with Crippen molar-refractivity contribution in [2.45, 2.75) is 31.5 Å². The Morgan fingerprint density at radius 2 is 2.24 bits per heavy atom. The van der Waals surface area contributed by atoms with Gasteiger partial charge in [-0.05, 0) is 25.0 Å². The number of carbonyl (C=O) groups is 1.